The van der Waals surface area contributed by atoms with Crippen LogP contribution in [0.3, 0.4) is 0 Å². The van der Waals surface area contributed by atoms with Gasteiger partial charge in [-0.2, -0.15) is 4.31 Å². The molecule has 1 heterocycles. The average Bonchev–Trinajstić information content (AvgIpc) is 2.60. The molecule has 1 aliphatic heterocycles. The molecule has 0 bridgehead atoms. The predicted octanol–water partition coefficient (Wildman–Crippen LogP) is 3.69. The highest BCUT2D eigenvalue weighted by Gasteiger charge is 2.37. The van der Waals surface area contributed by atoms with E-state index in [9.17, 15) is 13.2 Å². The number of rotatable bonds is 6. The Kier molecular flexibility index (Phi) is 7.09. The second-order valence-electron chi connectivity index (χ2n) is 8.88. The minimum atomic E-state index is -3.69. The third-order valence-electron chi connectivity index (χ3n) is 5.10. The van der Waals surface area contributed by atoms with E-state index in [1.54, 1.807) is 12.1 Å². The molecule has 0 aromatic heterocycles. The number of carbonyl (C=O) groups is 1. The minimum Gasteiger partial charge on any atom is -0.355 e. The SMILES string of the molecule is CC(C)CCNC(=O)[C@H]1CCCCN1S(=O)(=O)c1ccc(C(C)(C)C)cc1. The number of carbonyl (C=O) groups excluding carboxylic acids is 1. The van der Waals surface area contributed by atoms with Gasteiger partial charge in [0.1, 0.15) is 6.04 Å². The van der Waals surface area contributed by atoms with Crippen molar-refractivity contribution in [1.29, 1.82) is 0 Å². The summed E-state index contributed by atoms with van der Waals surface area (Å²) in [5.41, 5.74) is 1.05. The molecule has 1 fully saturated rings. The maximum Gasteiger partial charge on any atom is 0.243 e. The summed E-state index contributed by atoms with van der Waals surface area (Å²) in [4.78, 5) is 12.9. The van der Waals surface area contributed by atoms with Crippen LogP contribution < -0.4 is 5.32 Å². The minimum absolute atomic E-state index is 0.0355. The summed E-state index contributed by atoms with van der Waals surface area (Å²) >= 11 is 0. The number of piperidine rings is 1. The fourth-order valence-electron chi connectivity index (χ4n) is 3.32. The van der Waals surface area contributed by atoms with Gasteiger partial charge in [0.2, 0.25) is 15.9 Å². The zero-order valence-electron chi connectivity index (χ0n) is 17.3. The molecule has 1 aromatic rings. The number of nitrogens with zero attached hydrogens (tertiary/aromatic N) is 1. The van der Waals surface area contributed by atoms with E-state index < -0.39 is 16.1 Å². The lowest BCUT2D eigenvalue weighted by Gasteiger charge is -2.33. The maximum absolute atomic E-state index is 13.2. The van der Waals surface area contributed by atoms with Gasteiger partial charge in [-0.05, 0) is 48.3 Å². The smallest absolute Gasteiger partial charge is 0.243 e. The molecule has 1 saturated heterocycles. The van der Waals surface area contributed by atoms with E-state index in [1.807, 2.05) is 12.1 Å². The van der Waals surface area contributed by atoms with Crippen LogP contribution in [-0.2, 0) is 20.2 Å². The first-order valence-corrected chi connectivity index (χ1v) is 11.4. The summed E-state index contributed by atoms with van der Waals surface area (Å²) in [6.45, 7) is 11.5. The highest BCUT2D eigenvalue weighted by Crippen LogP contribution is 2.28. The number of hydrogen-bond donors (Lipinski definition) is 1. The largest absolute Gasteiger partial charge is 0.355 e. The quantitative estimate of drug-likeness (QED) is 0.800. The number of amides is 1. The molecule has 0 spiro atoms. The Labute approximate surface area is 164 Å². The van der Waals surface area contributed by atoms with E-state index in [0.717, 1.165) is 24.8 Å². The van der Waals surface area contributed by atoms with Gasteiger partial charge in [-0.3, -0.25) is 4.79 Å². The van der Waals surface area contributed by atoms with Crippen molar-refractivity contribution in [2.45, 2.75) is 76.7 Å². The topological polar surface area (TPSA) is 66.5 Å². The molecule has 1 aromatic carbocycles. The van der Waals surface area contributed by atoms with Gasteiger partial charge in [-0.1, -0.05) is 53.2 Å². The lowest BCUT2D eigenvalue weighted by atomic mass is 9.87. The second-order valence-corrected chi connectivity index (χ2v) is 10.8. The molecular formula is C21H34N2O3S. The van der Waals surface area contributed by atoms with Gasteiger partial charge >= 0.3 is 0 Å². The predicted molar refractivity (Wildman–Crippen MR) is 109 cm³/mol. The zero-order chi connectivity index (χ0) is 20.2. The molecule has 1 atom stereocenters. The molecule has 0 aliphatic carbocycles. The molecule has 0 radical (unpaired) electrons. The molecule has 2 rings (SSSR count). The molecule has 0 unspecified atom stereocenters. The normalized spacial score (nSPS) is 19.3. The first-order valence-electron chi connectivity index (χ1n) is 9.93. The van der Waals surface area contributed by atoms with Crippen LogP contribution >= 0.6 is 0 Å². The summed E-state index contributed by atoms with van der Waals surface area (Å²) in [7, 11) is -3.69. The first-order chi connectivity index (χ1) is 12.5. The Morgan fingerprint density at radius 2 is 1.81 bits per heavy atom. The van der Waals surface area contributed by atoms with Crippen molar-refractivity contribution in [3.05, 3.63) is 29.8 Å². The van der Waals surface area contributed by atoms with Gasteiger partial charge < -0.3 is 5.32 Å². The Morgan fingerprint density at radius 1 is 1.19 bits per heavy atom. The van der Waals surface area contributed by atoms with Crippen molar-refractivity contribution in [2.24, 2.45) is 5.92 Å². The maximum atomic E-state index is 13.2. The highest BCUT2D eigenvalue weighted by molar-refractivity contribution is 7.89. The molecule has 152 valence electrons. The van der Waals surface area contributed by atoms with Crippen LogP contribution in [-0.4, -0.2) is 37.8 Å². The standard InChI is InChI=1S/C21H34N2O3S/c1-16(2)13-14-22-20(24)19-8-6-7-15-23(19)27(25,26)18-11-9-17(10-12-18)21(3,4)5/h9-12,16,19H,6-8,13-15H2,1-5H3,(H,22,24)/t19-/m1/s1. The average molecular weight is 395 g/mol. The van der Waals surface area contributed by atoms with E-state index >= 15 is 0 Å². The van der Waals surface area contributed by atoms with Gasteiger partial charge in [-0.25, -0.2) is 8.42 Å². The van der Waals surface area contributed by atoms with E-state index in [2.05, 4.69) is 39.9 Å². The van der Waals surface area contributed by atoms with Crippen molar-refractivity contribution in [2.75, 3.05) is 13.1 Å². The van der Waals surface area contributed by atoms with Crippen molar-refractivity contribution < 1.29 is 13.2 Å². The summed E-state index contributed by atoms with van der Waals surface area (Å²) in [5.74, 6) is 0.322. The Balaban J connectivity index is 2.19. The van der Waals surface area contributed by atoms with Crippen LogP contribution in [0, 0.1) is 5.92 Å². The first kappa shape index (κ1) is 21.9. The summed E-state index contributed by atoms with van der Waals surface area (Å²) in [6.07, 6.45) is 3.12. The van der Waals surface area contributed by atoms with E-state index in [0.29, 0.717) is 25.4 Å². The Hall–Kier alpha value is -1.40. The number of nitrogens with one attached hydrogen (secondary N) is 1. The van der Waals surface area contributed by atoms with Crippen LogP contribution in [0.1, 0.15) is 65.9 Å². The Bertz CT molecular complexity index is 734. The van der Waals surface area contributed by atoms with Crippen LogP contribution in [0.2, 0.25) is 0 Å². The fourth-order valence-corrected chi connectivity index (χ4v) is 4.98. The van der Waals surface area contributed by atoms with E-state index in [-0.39, 0.29) is 16.2 Å². The van der Waals surface area contributed by atoms with Crippen LogP contribution in [0.25, 0.3) is 0 Å². The molecule has 1 aliphatic rings. The van der Waals surface area contributed by atoms with Crippen molar-refractivity contribution in [3.63, 3.8) is 0 Å². The lowest BCUT2D eigenvalue weighted by Crippen LogP contribution is -2.52. The molecule has 0 saturated carbocycles. The number of hydrogen-bond acceptors (Lipinski definition) is 3. The highest BCUT2D eigenvalue weighted by atomic mass is 32.2. The van der Waals surface area contributed by atoms with Gasteiger partial charge in [0.25, 0.3) is 0 Å². The van der Waals surface area contributed by atoms with E-state index in [1.165, 1.54) is 4.31 Å². The van der Waals surface area contributed by atoms with Crippen LogP contribution in [0.15, 0.2) is 29.2 Å². The third kappa shape index (κ3) is 5.55. The molecule has 1 amide bonds. The van der Waals surface area contributed by atoms with Crippen molar-refractivity contribution >= 4 is 15.9 Å². The zero-order valence-corrected chi connectivity index (χ0v) is 18.1. The van der Waals surface area contributed by atoms with Crippen LogP contribution in [0.4, 0.5) is 0 Å². The lowest BCUT2D eigenvalue weighted by molar-refractivity contribution is -0.125. The monoisotopic (exact) mass is 394 g/mol. The van der Waals surface area contributed by atoms with Gasteiger partial charge in [0.15, 0.2) is 0 Å². The number of benzene rings is 1. The van der Waals surface area contributed by atoms with Crippen LogP contribution in [0.5, 0.6) is 0 Å². The Morgan fingerprint density at radius 3 is 2.37 bits per heavy atom. The van der Waals surface area contributed by atoms with E-state index in [4.69, 9.17) is 0 Å². The number of sulfonamides is 1. The molecular weight excluding hydrogens is 360 g/mol. The summed E-state index contributed by atoms with van der Waals surface area (Å²) in [5, 5.41) is 2.92. The molecule has 6 heteroatoms. The fraction of sp³-hybridized carbons (Fsp3) is 0.667. The molecule has 27 heavy (non-hydrogen) atoms. The third-order valence-corrected chi connectivity index (χ3v) is 7.03. The van der Waals surface area contributed by atoms with Gasteiger partial charge in [0.05, 0.1) is 4.90 Å². The van der Waals surface area contributed by atoms with Gasteiger partial charge in [-0.15, -0.1) is 0 Å². The van der Waals surface area contributed by atoms with Gasteiger partial charge in [0, 0.05) is 13.1 Å². The molecule has 5 nitrogen and oxygen atoms in total. The van der Waals surface area contributed by atoms with Crippen molar-refractivity contribution in [1.82, 2.24) is 9.62 Å². The second kappa shape index (κ2) is 8.74. The summed E-state index contributed by atoms with van der Waals surface area (Å²) < 4.78 is 27.8. The summed E-state index contributed by atoms with van der Waals surface area (Å²) in [6, 6.07) is 6.46. The molecule has 1 N–H and O–H groups in total. The van der Waals surface area contributed by atoms with Crippen molar-refractivity contribution in [3.8, 4) is 0 Å².